The number of anilines is 1. The van der Waals surface area contributed by atoms with Crippen LogP contribution in [0.3, 0.4) is 0 Å². The van der Waals surface area contributed by atoms with Gasteiger partial charge in [-0.2, -0.15) is 0 Å². The molecule has 5 nitrogen and oxygen atoms in total. The Hall–Kier alpha value is -3.18. The highest BCUT2D eigenvalue weighted by molar-refractivity contribution is 6.31. The standard InChI is InChI=1S/C25H26ClNO4/c1-3-29-23-13-10-18(16-24(23)30-4-2)11-15-25(28)27-21-17-19(26)12-14-22(21)31-20-8-6-5-7-9-20/h5-10,12-14,16-17H,3-4,11,15H2,1-2H3,(H,27,28). The summed E-state index contributed by atoms with van der Waals surface area (Å²) in [4.78, 5) is 12.6. The minimum absolute atomic E-state index is 0.132. The summed E-state index contributed by atoms with van der Waals surface area (Å²) in [6.45, 7) is 4.97. The van der Waals surface area contributed by atoms with E-state index in [0.717, 1.165) is 5.56 Å². The number of rotatable bonds is 10. The van der Waals surface area contributed by atoms with Crippen molar-refractivity contribution < 1.29 is 19.0 Å². The van der Waals surface area contributed by atoms with Crippen LogP contribution in [0.1, 0.15) is 25.8 Å². The molecule has 1 amide bonds. The van der Waals surface area contributed by atoms with Crippen LogP contribution in [-0.4, -0.2) is 19.1 Å². The highest BCUT2D eigenvalue weighted by Crippen LogP contribution is 2.32. The molecule has 0 atom stereocenters. The number of hydrogen-bond acceptors (Lipinski definition) is 4. The molecule has 0 saturated heterocycles. The zero-order valence-electron chi connectivity index (χ0n) is 17.7. The molecule has 0 spiro atoms. The van der Waals surface area contributed by atoms with E-state index >= 15 is 0 Å². The van der Waals surface area contributed by atoms with Crippen molar-refractivity contribution in [3.8, 4) is 23.0 Å². The fourth-order valence-electron chi connectivity index (χ4n) is 3.03. The molecule has 31 heavy (non-hydrogen) atoms. The third-order valence-corrected chi connectivity index (χ3v) is 4.67. The maximum Gasteiger partial charge on any atom is 0.224 e. The maximum absolute atomic E-state index is 12.6. The van der Waals surface area contributed by atoms with Crippen LogP contribution in [-0.2, 0) is 11.2 Å². The zero-order valence-corrected chi connectivity index (χ0v) is 18.4. The largest absolute Gasteiger partial charge is 0.490 e. The second-order valence-electron chi connectivity index (χ2n) is 6.75. The molecule has 0 radical (unpaired) electrons. The van der Waals surface area contributed by atoms with Crippen LogP contribution in [0.15, 0.2) is 66.7 Å². The first-order valence-corrected chi connectivity index (χ1v) is 10.7. The molecule has 0 bridgehead atoms. The Morgan fingerprint density at radius 3 is 2.32 bits per heavy atom. The zero-order chi connectivity index (χ0) is 22.1. The average molecular weight is 440 g/mol. The van der Waals surface area contributed by atoms with Gasteiger partial charge in [-0.3, -0.25) is 4.79 Å². The smallest absolute Gasteiger partial charge is 0.224 e. The molecule has 1 N–H and O–H groups in total. The molecule has 3 aromatic carbocycles. The monoisotopic (exact) mass is 439 g/mol. The van der Waals surface area contributed by atoms with E-state index < -0.39 is 0 Å². The molecule has 0 aromatic heterocycles. The number of amides is 1. The van der Waals surface area contributed by atoms with Gasteiger partial charge in [0, 0.05) is 11.4 Å². The number of para-hydroxylation sites is 1. The third-order valence-electron chi connectivity index (χ3n) is 4.44. The molecule has 6 heteroatoms. The fraction of sp³-hybridized carbons (Fsp3) is 0.240. The van der Waals surface area contributed by atoms with Crippen molar-refractivity contribution >= 4 is 23.2 Å². The van der Waals surface area contributed by atoms with E-state index in [1.807, 2.05) is 62.4 Å². The summed E-state index contributed by atoms with van der Waals surface area (Å²) in [5, 5.41) is 3.43. The van der Waals surface area contributed by atoms with Gasteiger partial charge < -0.3 is 19.5 Å². The van der Waals surface area contributed by atoms with E-state index in [1.165, 1.54) is 0 Å². The van der Waals surface area contributed by atoms with Crippen LogP contribution < -0.4 is 19.5 Å². The Balaban J connectivity index is 1.66. The minimum Gasteiger partial charge on any atom is -0.490 e. The molecule has 0 saturated carbocycles. The van der Waals surface area contributed by atoms with Crippen LogP contribution in [0.5, 0.6) is 23.0 Å². The summed E-state index contributed by atoms with van der Waals surface area (Å²) >= 11 is 6.13. The molecule has 0 unspecified atom stereocenters. The van der Waals surface area contributed by atoms with Gasteiger partial charge in [-0.05, 0) is 68.3 Å². The quantitative estimate of drug-likeness (QED) is 0.391. The number of carbonyl (C=O) groups excluding carboxylic acids is 1. The molecular formula is C25H26ClNO4. The van der Waals surface area contributed by atoms with Crippen molar-refractivity contribution in [1.82, 2.24) is 0 Å². The van der Waals surface area contributed by atoms with Crippen LogP contribution in [0, 0.1) is 0 Å². The van der Waals surface area contributed by atoms with Gasteiger partial charge in [-0.25, -0.2) is 0 Å². The Morgan fingerprint density at radius 2 is 1.58 bits per heavy atom. The SMILES string of the molecule is CCOc1ccc(CCC(=O)Nc2cc(Cl)ccc2Oc2ccccc2)cc1OCC. The third kappa shape index (κ3) is 6.66. The molecule has 0 aliphatic heterocycles. The number of ether oxygens (including phenoxy) is 3. The molecule has 162 valence electrons. The van der Waals surface area contributed by atoms with E-state index in [9.17, 15) is 4.79 Å². The lowest BCUT2D eigenvalue weighted by molar-refractivity contribution is -0.116. The lowest BCUT2D eigenvalue weighted by Crippen LogP contribution is -2.13. The summed E-state index contributed by atoms with van der Waals surface area (Å²) in [5.41, 5.74) is 1.52. The Bertz CT molecular complexity index is 1010. The molecule has 0 aliphatic carbocycles. The van der Waals surface area contributed by atoms with Gasteiger partial charge in [0.15, 0.2) is 17.2 Å². The van der Waals surface area contributed by atoms with Gasteiger partial charge in [0.05, 0.1) is 18.9 Å². The van der Waals surface area contributed by atoms with Crippen LogP contribution in [0.25, 0.3) is 0 Å². The number of carbonyl (C=O) groups is 1. The number of halogens is 1. The minimum atomic E-state index is -0.132. The highest BCUT2D eigenvalue weighted by atomic mass is 35.5. The predicted molar refractivity (Wildman–Crippen MR) is 124 cm³/mol. The molecule has 0 heterocycles. The predicted octanol–water partition coefficient (Wildman–Crippen LogP) is 6.50. The van der Waals surface area contributed by atoms with Gasteiger partial charge in [-0.1, -0.05) is 35.9 Å². The van der Waals surface area contributed by atoms with Crippen molar-refractivity contribution in [3.05, 3.63) is 77.3 Å². The molecule has 3 rings (SSSR count). The Kier molecular flexibility index (Phi) is 8.19. The van der Waals surface area contributed by atoms with Gasteiger partial charge in [0.2, 0.25) is 5.91 Å². The lowest BCUT2D eigenvalue weighted by Gasteiger charge is -2.14. The average Bonchev–Trinajstić information content (AvgIpc) is 2.77. The first-order valence-electron chi connectivity index (χ1n) is 10.3. The highest BCUT2D eigenvalue weighted by Gasteiger charge is 2.12. The molecule has 3 aromatic rings. The first kappa shape index (κ1) is 22.5. The summed E-state index contributed by atoms with van der Waals surface area (Å²) in [5.74, 6) is 2.48. The number of aryl methyl sites for hydroxylation is 1. The first-order chi connectivity index (χ1) is 15.1. The maximum atomic E-state index is 12.6. The fourth-order valence-corrected chi connectivity index (χ4v) is 3.20. The van der Waals surface area contributed by atoms with Gasteiger partial charge >= 0.3 is 0 Å². The van der Waals surface area contributed by atoms with Crippen molar-refractivity contribution in [1.29, 1.82) is 0 Å². The van der Waals surface area contributed by atoms with Gasteiger partial charge in [0.25, 0.3) is 0 Å². The Labute approximate surface area is 187 Å². The molecular weight excluding hydrogens is 414 g/mol. The van der Waals surface area contributed by atoms with E-state index in [-0.39, 0.29) is 5.91 Å². The van der Waals surface area contributed by atoms with Crippen molar-refractivity contribution in [3.63, 3.8) is 0 Å². The van der Waals surface area contributed by atoms with Crippen molar-refractivity contribution in [2.75, 3.05) is 18.5 Å². The van der Waals surface area contributed by atoms with Crippen LogP contribution in [0.4, 0.5) is 5.69 Å². The lowest BCUT2D eigenvalue weighted by atomic mass is 10.1. The number of nitrogens with one attached hydrogen (secondary N) is 1. The van der Waals surface area contributed by atoms with Crippen LogP contribution in [0.2, 0.25) is 5.02 Å². The summed E-state index contributed by atoms with van der Waals surface area (Å²) in [6.07, 6.45) is 0.866. The molecule has 0 aliphatic rings. The van der Waals surface area contributed by atoms with Crippen LogP contribution >= 0.6 is 11.6 Å². The van der Waals surface area contributed by atoms with E-state index in [4.69, 9.17) is 25.8 Å². The topological polar surface area (TPSA) is 56.8 Å². The molecule has 0 fully saturated rings. The van der Waals surface area contributed by atoms with E-state index in [0.29, 0.717) is 59.8 Å². The number of hydrogen-bond donors (Lipinski definition) is 1. The summed E-state index contributed by atoms with van der Waals surface area (Å²) in [7, 11) is 0. The van der Waals surface area contributed by atoms with E-state index in [2.05, 4.69) is 5.32 Å². The summed E-state index contributed by atoms with van der Waals surface area (Å²) in [6, 6.07) is 20.3. The van der Waals surface area contributed by atoms with Crippen molar-refractivity contribution in [2.45, 2.75) is 26.7 Å². The van der Waals surface area contributed by atoms with Crippen molar-refractivity contribution in [2.24, 2.45) is 0 Å². The van der Waals surface area contributed by atoms with Gasteiger partial charge in [-0.15, -0.1) is 0 Å². The van der Waals surface area contributed by atoms with Gasteiger partial charge in [0.1, 0.15) is 5.75 Å². The summed E-state index contributed by atoms with van der Waals surface area (Å²) < 4.78 is 17.2. The normalized spacial score (nSPS) is 10.4. The number of benzene rings is 3. The van der Waals surface area contributed by atoms with E-state index in [1.54, 1.807) is 18.2 Å². The second kappa shape index (κ2) is 11.3. The second-order valence-corrected chi connectivity index (χ2v) is 7.19. The Morgan fingerprint density at radius 1 is 0.871 bits per heavy atom.